The largest absolute Gasteiger partial charge is 0.357 e. The van der Waals surface area contributed by atoms with Crippen molar-refractivity contribution in [2.75, 3.05) is 38.1 Å². The number of hydrogen-bond acceptors (Lipinski definition) is 4. The average molecular weight is 390 g/mol. The minimum absolute atomic E-state index is 0.208. The van der Waals surface area contributed by atoms with Crippen LogP contribution in [0.4, 0.5) is 9.52 Å². The van der Waals surface area contributed by atoms with E-state index in [0.29, 0.717) is 13.1 Å². The molecule has 0 atom stereocenters. The molecule has 0 bridgehead atoms. The summed E-state index contributed by atoms with van der Waals surface area (Å²) in [6.07, 6.45) is 3.36. The highest BCUT2D eigenvalue weighted by molar-refractivity contribution is 7.13. The van der Waals surface area contributed by atoms with Gasteiger partial charge in [-0.1, -0.05) is 12.1 Å². The quantitative estimate of drug-likeness (QED) is 0.581. The van der Waals surface area contributed by atoms with Gasteiger partial charge < -0.3 is 15.1 Å². The van der Waals surface area contributed by atoms with Gasteiger partial charge in [0.05, 0.1) is 5.69 Å². The Bertz CT molecular complexity index is 754. The molecule has 2 aromatic rings. The molecule has 27 heavy (non-hydrogen) atoms. The molecule has 1 aromatic heterocycles. The minimum atomic E-state index is -0.208. The maximum atomic E-state index is 13.4. The molecular formula is C20H28FN5S. The van der Waals surface area contributed by atoms with E-state index in [-0.39, 0.29) is 5.82 Å². The van der Waals surface area contributed by atoms with Crippen molar-refractivity contribution in [3.8, 4) is 0 Å². The van der Waals surface area contributed by atoms with Crippen molar-refractivity contribution in [2.24, 2.45) is 4.99 Å². The van der Waals surface area contributed by atoms with E-state index >= 15 is 0 Å². The van der Waals surface area contributed by atoms with E-state index in [1.165, 1.54) is 18.9 Å². The van der Waals surface area contributed by atoms with Crippen molar-refractivity contribution in [3.05, 3.63) is 46.7 Å². The third-order valence-electron chi connectivity index (χ3n) is 4.55. The van der Waals surface area contributed by atoms with E-state index < -0.39 is 0 Å². The number of benzene rings is 1. The fraction of sp³-hybridized carbons (Fsp3) is 0.500. The Morgan fingerprint density at radius 2 is 2.19 bits per heavy atom. The van der Waals surface area contributed by atoms with E-state index in [0.717, 1.165) is 48.4 Å². The molecule has 0 amide bonds. The second-order valence-corrected chi connectivity index (χ2v) is 7.62. The van der Waals surface area contributed by atoms with Crippen LogP contribution >= 0.6 is 11.3 Å². The lowest BCUT2D eigenvalue weighted by atomic mass is 10.2. The third-order valence-corrected chi connectivity index (χ3v) is 5.50. The average Bonchev–Trinajstić information content (AvgIpc) is 3.32. The molecule has 146 valence electrons. The minimum Gasteiger partial charge on any atom is -0.357 e. The Hall–Kier alpha value is -2.15. The molecule has 7 heteroatoms. The number of anilines is 1. The molecular weight excluding hydrogens is 361 g/mol. The first-order chi connectivity index (χ1) is 13.2. The van der Waals surface area contributed by atoms with E-state index in [2.05, 4.69) is 15.6 Å². The zero-order valence-electron chi connectivity index (χ0n) is 16.1. The number of hydrogen-bond donors (Lipinski definition) is 1. The fourth-order valence-electron chi connectivity index (χ4n) is 3.19. The van der Waals surface area contributed by atoms with Crippen LogP contribution in [-0.2, 0) is 13.0 Å². The molecule has 0 radical (unpaired) electrons. The Morgan fingerprint density at radius 1 is 1.37 bits per heavy atom. The fourth-order valence-corrected chi connectivity index (χ4v) is 4.11. The van der Waals surface area contributed by atoms with Gasteiger partial charge in [-0.2, -0.15) is 0 Å². The predicted molar refractivity (Wildman–Crippen MR) is 111 cm³/mol. The Balaban J connectivity index is 1.56. The van der Waals surface area contributed by atoms with E-state index in [1.807, 2.05) is 24.9 Å². The molecule has 1 aromatic carbocycles. The van der Waals surface area contributed by atoms with Crippen molar-refractivity contribution in [3.63, 3.8) is 0 Å². The van der Waals surface area contributed by atoms with Gasteiger partial charge in [-0.25, -0.2) is 9.37 Å². The first-order valence-corrected chi connectivity index (χ1v) is 10.5. The molecule has 0 spiro atoms. The summed E-state index contributed by atoms with van der Waals surface area (Å²) >= 11 is 1.73. The van der Waals surface area contributed by atoms with Gasteiger partial charge in [-0.05, 0) is 37.5 Å². The van der Waals surface area contributed by atoms with Gasteiger partial charge in [0.25, 0.3) is 0 Å². The first kappa shape index (κ1) is 19.6. The van der Waals surface area contributed by atoms with Crippen molar-refractivity contribution < 1.29 is 4.39 Å². The van der Waals surface area contributed by atoms with Gasteiger partial charge in [-0.15, -0.1) is 11.3 Å². The van der Waals surface area contributed by atoms with Crippen LogP contribution in [0.2, 0.25) is 0 Å². The zero-order chi connectivity index (χ0) is 19.1. The number of rotatable bonds is 7. The Morgan fingerprint density at radius 3 is 2.93 bits per heavy atom. The number of nitrogens with one attached hydrogen (secondary N) is 1. The van der Waals surface area contributed by atoms with Crippen molar-refractivity contribution in [2.45, 2.75) is 32.7 Å². The highest BCUT2D eigenvalue weighted by Gasteiger charge is 2.15. The zero-order valence-corrected chi connectivity index (χ0v) is 16.9. The summed E-state index contributed by atoms with van der Waals surface area (Å²) in [5, 5.41) is 6.60. The maximum absolute atomic E-state index is 13.4. The lowest BCUT2D eigenvalue weighted by Crippen LogP contribution is -2.38. The van der Waals surface area contributed by atoms with Crippen LogP contribution in [0.5, 0.6) is 0 Å². The van der Waals surface area contributed by atoms with Crippen LogP contribution in [-0.4, -0.2) is 49.1 Å². The molecule has 1 fully saturated rings. The summed E-state index contributed by atoms with van der Waals surface area (Å²) < 4.78 is 13.4. The van der Waals surface area contributed by atoms with Crippen LogP contribution in [0.15, 0.2) is 34.6 Å². The molecule has 3 rings (SSSR count). The van der Waals surface area contributed by atoms with Crippen molar-refractivity contribution in [1.82, 2.24) is 15.2 Å². The molecule has 0 unspecified atom stereocenters. The normalized spacial score (nSPS) is 14.6. The lowest BCUT2D eigenvalue weighted by molar-refractivity contribution is 0.475. The van der Waals surface area contributed by atoms with Crippen LogP contribution in [0.25, 0.3) is 0 Å². The number of nitrogens with zero attached hydrogens (tertiary/aromatic N) is 4. The molecule has 1 saturated heterocycles. The van der Waals surface area contributed by atoms with Gasteiger partial charge in [0.2, 0.25) is 0 Å². The number of aromatic nitrogens is 1. The molecule has 5 nitrogen and oxygen atoms in total. The van der Waals surface area contributed by atoms with Gasteiger partial charge in [0.15, 0.2) is 11.1 Å². The SMILES string of the molecule is CCNC(=NCCc1csc(N2CCCC2)n1)N(C)Cc1cccc(F)c1. The molecule has 1 aliphatic rings. The van der Waals surface area contributed by atoms with Crippen LogP contribution in [0.3, 0.4) is 0 Å². The number of thiazole rings is 1. The second-order valence-electron chi connectivity index (χ2n) is 6.79. The van der Waals surface area contributed by atoms with Gasteiger partial charge in [-0.3, -0.25) is 4.99 Å². The number of aliphatic imine (C=N–C) groups is 1. The summed E-state index contributed by atoms with van der Waals surface area (Å²) in [6, 6.07) is 6.70. The second kappa shape index (κ2) is 9.69. The number of guanidine groups is 1. The predicted octanol–water partition coefficient (Wildman–Crippen LogP) is 3.52. The van der Waals surface area contributed by atoms with Gasteiger partial charge in [0.1, 0.15) is 5.82 Å². The molecule has 1 N–H and O–H groups in total. The topological polar surface area (TPSA) is 43.8 Å². The van der Waals surface area contributed by atoms with Crippen molar-refractivity contribution >= 4 is 22.4 Å². The Kier molecular flexibility index (Phi) is 7.04. The van der Waals surface area contributed by atoms with Gasteiger partial charge in [0, 0.05) is 51.6 Å². The highest BCUT2D eigenvalue weighted by atomic mass is 32.1. The standard InChI is InChI=1S/C20H28FN5S/c1-3-22-19(25(2)14-16-7-6-8-17(21)13-16)23-10-9-18-15-27-20(24-18)26-11-4-5-12-26/h6-8,13,15H,3-5,9-12,14H2,1-2H3,(H,22,23). The summed E-state index contributed by atoms with van der Waals surface area (Å²) in [7, 11) is 1.97. The highest BCUT2D eigenvalue weighted by Crippen LogP contribution is 2.24. The monoisotopic (exact) mass is 389 g/mol. The van der Waals surface area contributed by atoms with E-state index in [4.69, 9.17) is 9.98 Å². The first-order valence-electron chi connectivity index (χ1n) is 9.59. The summed E-state index contributed by atoms with van der Waals surface area (Å²) in [6.45, 7) is 6.38. The third kappa shape index (κ3) is 5.66. The summed E-state index contributed by atoms with van der Waals surface area (Å²) in [5.41, 5.74) is 2.03. The Labute approximate surface area is 164 Å². The van der Waals surface area contributed by atoms with Crippen molar-refractivity contribution in [1.29, 1.82) is 0 Å². The summed E-state index contributed by atoms with van der Waals surface area (Å²) in [5.74, 6) is 0.622. The van der Waals surface area contributed by atoms with Crippen LogP contribution < -0.4 is 10.2 Å². The van der Waals surface area contributed by atoms with E-state index in [1.54, 1.807) is 23.5 Å². The lowest BCUT2D eigenvalue weighted by Gasteiger charge is -2.22. The maximum Gasteiger partial charge on any atom is 0.193 e. The molecule has 0 aliphatic carbocycles. The molecule has 2 heterocycles. The number of halogens is 1. The van der Waals surface area contributed by atoms with Crippen LogP contribution in [0, 0.1) is 5.82 Å². The smallest absolute Gasteiger partial charge is 0.193 e. The summed E-state index contributed by atoms with van der Waals surface area (Å²) in [4.78, 5) is 13.9. The van der Waals surface area contributed by atoms with E-state index in [9.17, 15) is 4.39 Å². The van der Waals surface area contributed by atoms with Crippen LogP contribution in [0.1, 0.15) is 31.0 Å². The molecule has 0 saturated carbocycles. The molecule has 1 aliphatic heterocycles. The van der Waals surface area contributed by atoms with Gasteiger partial charge >= 0.3 is 0 Å².